The maximum absolute atomic E-state index is 13.4. The van der Waals surface area contributed by atoms with E-state index in [1.165, 1.54) is 0 Å². The van der Waals surface area contributed by atoms with Crippen LogP contribution in [-0.4, -0.2) is 65.9 Å². The largest absolute Gasteiger partial charge is 0.461 e. The van der Waals surface area contributed by atoms with Crippen molar-refractivity contribution in [3.63, 3.8) is 0 Å². The number of esters is 1. The smallest absolute Gasteiger partial charge is 0.328 e. The lowest BCUT2D eigenvalue weighted by molar-refractivity contribution is -0.160. The lowest BCUT2D eigenvalue weighted by Crippen LogP contribution is -2.46. The first kappa shape index (κ1) is 29.2. The number of hydrogen-bond donors (Lipinski definition) is 1. The third kappa shape index (κ3) is 9.81. The van der Waals surface area contributed by atoms with Gasteiger partial charge in [-0.25, -0.2) is 4.79 Å². The Hall–Kier alpha value is -2.33. The Morgan fingerprint density at radius 1 is 1.08 bits per heavy atom. The zero-order chi connectivity index (χ0) is 26.7. The standard InChI is InChI=1S/C28H35NO6S2/c1-28(2)34-18-23(35-28)17-33-26(31)24(14-15-36-3)29-25(30)22(16-20-10-6-4-7-11-20)19-37-27(32)21-12-8-5-9-13-21/h4-13,22-24H,14-19H2,1-3H3,(H,29,30)/t22?,23?,24-/m0/s1. The molecule has 1 heterocycles. The summed E-state index contributed by atoms with van der Waals surface area (Å²) in [4.78, 5) is 39.0. The van der Waals surface area contributed by atoms with Crippen LogP contribution in [-0.2, 0) is 30.2 Å². The SMILES string of the molecule is CSCC[C@H](NC(=O)C(CSC(=O)c1ccccc1)Cc1ccccc1)C(=O)OCC1COC(C)(C)O1. The number of rotatable bonds is 13. The number of carbonyl (C=O) groups is 3. The maximum Gasteiger partial charge on any atom is 0.328 e. The molecule has 1 amide bonds. The van der Waals surface area contributed by atoms with E-state index in [4.69, 9.17) is 14.2 Å². The fourth-order valence-electron chi connectivity index (χ4n) is 3.85. The van der Waals surface area contributed by atoms with Crippen LogP contribution < -0.4 is 5.32 Å². The van der Waals surface area contributed by atoms with E-state index in [1.54, 1.807) is 23.9 Å². The van der Waals surface area contributed by atoms with Crippen LogP contribution in [0.2, 0.25) is 0 Å². The second-order valence-corrected chi connectivity index (χ2v) is 11.3. The number of benzene rings is 2. The average molecular weight is 546 g/mol. The van der Waals surface area contributed by atoms with Crippen molar-refractivity contribution in [2.45, 2.75) is 44.6 Å². The van der Waals surface area contributed by atoms with Crippen LogP contribution in [0.1, 0.15) is 36.2 Å². The minimum Gasteiger partial charge on any atom is -0.461 e. The summed E-state index contributed by atoms with van der Waals surface area (Å²) in [6.45, 7) is 4.02. The van der Waals surface area contributed by atoms with Crippen molar-refractivity contribution in [2.24, 2.45) is 5.92 Å². The van der Waals surface area contributed by atoms with Gasteiger partial charge in [0.05, 0.1) is 12.5 Å². The predicted octanol–water partition coefficient (Wildman–Crippen LogP) is 4.35. The molecule has 9 heteroatoms. The fourth-order valence-corrected chi connectivity index (χ4v) is 5.25. The fraction of sp³-hybridized carbons (Fsp3) is 0.464. The lowest BCUT2D eigenvalue weighted by Gasteiger charge is -2.22. The van der Waals surface area contributed by atoms with Gasteiger partial charge in [-0.1, -0.05) is 72.4 Å². The highest BCUT2D eigenvalue weighted by molar-refractivity contribution is 8.14. The Bertz CT molecular complexity index is 1020. The van der Waals surface area contributed by atoms with E-state index in [9.17, 15) is 14.4 Å². The molecule has 1 fully saturated rings. The highest BCUT2D eigenvalue weighted by Crippen LogP contribution is 2.23. The van der Waals surface area contributed by atoms with Crippen LogP contribution in [0.3, 0.4) is 0 Å². The van der Waals surface area contributed by atoms with Crippen LogP contribution in [0.5, 0.6) is 0 Å². The van der Waals surface area contributed by atoms with E-state index in [1.807, 2.05) is 68.6 Å². The molecule has 0 radical (unpaired) electrons. The van der Waals surface area contributed by atoms with Crippen molar-refractivity contribution in [1.82, 2.24) is 5.32 Å². The van der Waals surface area contributed by atoms with Gasteiger partial charge >= 0.3 is 5.97 Å². The molecule has 1 N–H and O–H groups in total. The normalized spacial score (nSPS) is 18.1. The van der Waals surface area contributed by atoms with Gasteiger partial charge in [0.2, 0.25) is 11.0 Å². The number of hydrogen-bond acceptors (Lipinski definition) is 8. The van der Waals surface area contributed by atoms with Gasteiger partial charge in [0.1, 0.15) is 18.8 Å². The van der Waals surface area contributed by atoms with Crippen LogP contribution in [0.15, 0.2) is 60.7 Å². The summed E-state index contributed by atoms with van der Waals surface area (Å²) < 4.78 is 16.7. The topological polar surface area (TPSA) is 90.9 Å². The van der Waals surface area contributed by atoms with Crippen LogP contribution in [0, 0.1) is 5.92 Å². The molecule has 3 atom stereocenters. The molecule has 0 saturated carbocycles. The second-order valence-electron chi connectivity index (χ2n) is 9.27. The van der Waals surface area contributed by atoms with Crippen LogP contribution in [0.4, 0.5) is 0 Å². The number of nitrogens with one attached hydrogen (secondary N) is 1. The zero-order valence-electron chi connectivity index (χ0n) is 21.5. The summed E-state index contributed by atoms with van der Waals surface area (Å²) in [5.74, 6) is -1.01. The Kier molecular flexibility index (Phi) is 11.5. The Morgan fingerprint density at radius 2 is 1.76 bits per heavy atom. The van der Waals surface area contributed by atoms with Crippen molar-refractivity contribution in [1.29, 1.82) is 0 Å². The van der Waals surface area contributed by atoms with E-state index in [-0.39, 0.29) is 23.7 Å². The molecule has 200 valence electrons. The second kappa shape index (κ2) is 14.6. The first-order valence-corrected chi connectivity index (χ1v) is 14.7. The maximum atomic E-state index is 13.4. The minimum absolute atomic E-state index is 0.0583. The summed E-state index contributed by atoms with van der Waals surface area (Å²) in [5.41, 5.74) is 1.58. The summed E-state index contributed by atoms with van der Waals surface area (Å²) >= 11 is 2.70. The first-order chi connectivity index (χ1) is 17.8. The molecule has 2 unspecified atom stereocenters. The number of amides is 1. The van der Waals surface area contributed by atoms with Gasteiger partial charge in [-0.3, -0.25) is 9.59 Å². The highest BCUT2D eigenvalue weighted by Gasteiger charge is 2.34. The van der Waals surface area contributed by atoms with E-state index < -0.39 is 23.7 Å². The van der Waals surface area contributed by atoms with Crippen molar-refractivity contribution in [3.8, 4) is 0 Å². The molecule has 0 spiro atoms. The average Bonchev–Trinajstić information content (AvgIpc) is 3.26. The quantitative estimate of drug-likeness (QED) is 0.372. The van der Waals surface area contributed by atoms with Crippen LogP contribution >= 0.6 is 23.5 Å². The minimum atomic E-state index is -0.789. The molecule has 0 bridgehead atoms. The van der Waals surface area contributed by atoms with Gasteiger partial charge in [-0.2, -0.15) is 11.8 Å². The molecule has 2 aromatic carbocycles. The van der Waals surface area contributed by atoms with E-state index in [2.05, 4.69) is 5.32 Å². The highest BCUT2D eigenvalue weighted by atomic mass is 32.2. The molecule has 3 rings (SSSR count). The van der Waals surface area contributed by atoms with Crippen molar-refractivity contribution in [2.75, 3.05) is 31.0 Å². The lowest BCUT2D eigenvalue weighted by atomic mass is 9.99. The first-order valence-electron chi connectivity index (χ1n) is 12.3. The molecule has 1 aliphatic heterocycles. The Labute approximate surface area is 227 Å². The number of ether oxygens (including phenoxy) is 3. The van der Waals surface area contributed by atoms with Gasteiger partial charge in [0.15, 0.2) is 5.79 Å². The molecule has 7 nitrogen and oxygen atoms in total. The van der Waals surface area contributed by atoms with Gasteiger partial charge in [0, 0.05) is 11.3 Å². The molecule has 1 aliphatic rings. The number of carbonyl (C=O) groups excluding carboxylic acids is 3. The van der Waals surface area contributed by atoms with E-state index in [0.29, 0.717) is 36.5 Å². The molecular formula is C28H35NO6S2. The molecule has 1 saturated heterocycles. The van der Waals surface area contributed by atoms with Gasteiger partial charge in [-0.15, -0.1) is 0 Å². The van der Waals surface area contributed by atoms with Gasteiger partial charge < -0.3 is 19.5 Å². The van der Waals surface area contributed by atoms with Gasteiger partial charge in [-0.05, 0) is 44.3 Å². The molecule has 2 aromatic rings. The Balaban J connectivity index is 1.64. The molecule has 0 aliphatic carbocycles. The van der Waals surface area contributed by atoms with E-state index in [0.717, 1.165) is 17.3 Å². The zero-order valence-corrected chi connectivity index (χ0v) is 23.1. The third-order valence-electron chi connectivity index (χ3n) is 5.81. The summed E-state index contributed by atoms with van der Waals surface area (Å²) in [7, 11) is 0. The summed E-state index contributed by atoms with van der Waals surface area (Å²) in [5, 5.41) is 2.81. The molecular weight excluding hydrogens is 510 g/mol. The molecule has 37 heavy (non-hydrogen) atoms. The van der Waals surface area contributed by atoms with Crippen molar-refractivity contribution >= 4 is 40.5 Å². The predicted molar refractivity (Wildman–Crippen MR) is 148 cm³/mol. The van der Waals surface area contributed by atoms with Gasteiger partial charge in [0.25, 0.3) is 0 Å². The van der Waals surface area contributed by atoms with E-state index >= 15 is 0 Å². The van der Waals surface area contributed by atoms with Crippen molar-refractivity contribution in [3.05, 3.63) is 71.8 Å². The van der Waals surface area contributed by atoms with Crippen molar-refractivity contribution < 1.29 is 28.6 Å². The third-order valence-corrected chi connectivity index (χ3v) is 7.52. The summed E-state index contributed by atoms with van der Waals surface area (Å²) in [6.07, 6.45) is 2.49. The Morgan fingerprint density at radius 3 is 2.38 bits per heavy atom. The summed E-state index contributed by atoms with van der Waals surface area (Å²) in [6, 6.07) is 17.9. The van der Waals surface area contributed by atoms with Crippen LogP contribution in [0.25, 0.3) is 0 Å². The molecule has 0 aromatic heterocycles. The number of thioether (sulfide) groups is 2. The monoisotopic (exact) mass is 545 g/mol.